The van der Waals surface area contributed by atoms with Gasteiger partial charge in [-0.3, -0.25) is 4.79 Å². The van der Waals surface area contributed by atoms with E-state index in [-0.39, 0.29) is 11.9 Å². The fraction of sp³-hybridized carbons (Fsp3) is 0.533. The average Bonchev–Trinajstić information content (AvgIpc) is 2.34. The monoisotopic (exact) mass is 266 g/mol. The Morgan fingerprint density at radius 2 is 1.94 bits per heavy atom. The third-order valence-electron chi connectivity index (χ3n) is 3.71. The smallest absolute Gasteiger partial charge is 0.314 e. The van der Waals surface area contributed by atoms with Crippen molar-refractivity contribution in [2.75, 3.05) is 0 Å². The molecule has 0 aromatic heterocycles. The predicted octanol–water partition coefficient (Wildman–Crippen LogP) is 4.38. The van der Waals surface area contributed by atoms with E-state index in [0.29, 0.717) is 10.8 Å². The second-order valence-corrected chi connectivity index (χ2v) is 5.70. The topological polar surface area (TPSA) is 26.3 Å². The Bertz CT molecular complexity index is 434. The molecule has 1 fully saturated rings. The number of hydrogen-bond acceptors (Lipinski definition) is 2. The van der Waals surface area contributed by atoms with Crippen LogP contribution in [0.3, 0.4) is 0 Å². The molecule has 0 radical (unpaired) electrons. The highest BCUT2D eigenvalue weighted by molar-refractivity contribution is 6.31. The number of hydrogen-bond donors (Lipinski definition) is 0. The normalized spacial score (nSPS) is 23.7. The van der Waals surface area contributed by atoms with Crippen LogP contribution in [-0.4, -0.2) is 5.97 Å². The second kappa shape index (κ2) is 5.75. The molecule has 1 aliphatic rings. The summed E-state index contributed by atoms with van der Waals surface area (Å²) in [5, 5.41) is 0.637. The van der Waals surface area contributed by atoms with Crippen LogP contribution in [-0.2, 0) is 4.79 Å². The molecule has 98 valence electrons. The van der Waals surface area contributed by atoms with Crippen LogP contribution in [0, 0.1) is 18.8 Å². The Kier molecular flexibility index (Phi) is 4.28. The number of rotatable bonds is 2. The van der Waals surface area contributed by atoms with Gasteiger partial charge in [0.1, 0.15) is 5.75 Å². The Hall–Kier alpha value is -1.02. The molecule has 0 atom stereocenters. The standard InChI is InChI=1S/C15H19ClO2/c1-10-3-6-12(7-4-10)15(17)18-13-8-5-11(2)14(16)9-13/h5,8-10,12H,3-4,6-7H2,1-2H3. The molecule has 2 rings (SSSR count). The first-order valence-electron chi connectivity index (χ1n) is 6.54. The van der Waals surface area contributed by atoms with E-state index in [1.54, 1.807) is 12.1 Å². The lowest BCUT2D eigenvalue weighted by molar-refractivity contribution is -0.140. The maximum Gasteiger partial charge on any atom is 0.314 e. The number of esters is 1. The van der Waals surface area contributed by atoms with Gasteiger partial charge < -0.3 is 4.74 Å². The minimum atomic E-state index is -0.109. The lowest BCUT2D eigenvalue weighted by Gasteiger charge is -2.24. The predicted molar refractivity (Wildman–Crippen MR) is 72.9 cm³/mol. The van der Waals surface area contributed by atoms with E-state index in [9.17, 15) is 4.79 Å². The molecule has 2 nitrogen and oxygen atoms in total. The molecule has 0 spiro atoms. The van der Waals surface area contributed by atoms with Crippen molar-refractivity contribution in [2.45, 2.75) is 39.5 Å². The van der Waals surface area contributed by atoms with E-state index in [0.717, 1.165) is 37.2 Å². The summed E-state index contributed by atoms with van der Waals surface area (Å²) in [5.41, 5.74) is 0.989. The zero-order valence-electron chi connectivity index (χ0n) is 10.9. The maximum absolute atomic E-state index is 12.0. The largest absolute Gasteiger partial charge is 0.426 e. The summed E-state index contributed by atoms with van der Waals surface area (Å²) >= 11 is 6.01. The maximum atomic E-state index is 12.0. The summed E-state index contributed by atoms with van der Waals surface area (Å²) in [7, 11) is 0. The van der Waals surface area contributed by atoms with Crippen molar-refractivity contribution in [1.29, 1.82) is 0 Å². The zero-order valence-corrected chi connectivity index (χ0v) is 11.7. The number of ether oxygens (including phenoxy) is 1. The fourth-order valence-corrected chi connectivity index (χ4v) is 2.50. The summed E-state index contributed by atoms with van der Waals surface area (Å²) < 4.78 is 5.40. The molecule has 0 saturated heterocycles. The highest BCUT2D eigenvalue weighted by atomic mass is 35.5. The number of carbonyl (C=O) groups is 1. The van der Waals surface area contributed by atoms with E-state index in [4.69, 9.17) is 16.3 Å². The summed E-state index contributed by atoms with van der Waals surface area (Å²) in [6.07, 6.45) is 4.13. The molecular formula is C15H19ClO2. The Labute approximate surface area is 113 Å². The average molecular weight is 267 g/mol. The number of benzene rings is 1. The fourth-order valence-electron chi connectivity index (χ4n) is 2.33. The molecule has 0 aliphatic heterocycles. The molecule has 3 heteroatoms. The molecule has 1 aromatic rings. The highest BCUT2D eigenvalue weighted by Gasteiger charge is 2.25. The van der Waals surface area contributed by atoms with Gasteiger partial charge in [0.2, 0.25) is 0 Å². The van der Waals surface area contributed by atoms with Crippen LogP contribution < -0.4 is 4.74 Å². The van der Waals surface area contributed by atoms with Gasteiger partial charge in [-0.25, -0.2) is 0 Å². The van der Waals surface area contributed by atoms with Crippen molar-refractivity contribution in [3.05, 3.63) is 28.8 Å². The minimum absolute atomic E-state index is 0.0567. The lowest BCUT2D eigenvalue weighted by Crippen LogP contribution is -2.24. The van der Waals surface area contributed by atoms with Crippen molar-refractivity contribution >= 4 is 17.6 Å². The number of carbonyl (C=O) groups excluding carboxylic acids is 1. The number of halogens is 1. The van der Waals surface area contributed by atoms with Gasteiger partial charge in [0.15, 0.2) is 0 Å². The molecule has 18 heavy (non-hydrogen) atoms. The quantitative estimate of drug-likeness (QED) is 0.587. The van der Waals surface area contributed by atoms with Gasteiger partial charge in [0, 0.05) is 5.02 Å². The van der Waals surface area contributed by atoms with Crippen LogP contribution in [0.25, 0.3) is 0 Å². The Balaban J connectivity index is 1.96. The van der Waals surface area contributed by atoms with Crippen molar-refractivity contribution in [3.8, 4) is 5.75 Å². The molecule has 0 amide bonds. The summed E-state index contributed by atoms with van der Waals surface area (Å²) in [4.78, 5) is 12.0. The van der Waals surface area contributed by atoms with Crippen molar-refractivity contribution in [1.82, 2.24) is 0 Å². The minimum Gasteiger partial charge on any atom is -0.426 e. The second-order valence-electron chi connectivity index (χ2n) is 5.29. The van der Waals surface area contributed by atoms with E-state index < -0.39 is 0 Å². The molecule has 0 heterocycles. The Morgan fingerprint density at radius 1 is 1.28 bits per heavy atom. The van der Waals surface area contributed by atoms with Crippen LogP contribution in [0.4, 0.5) is 0 Å². The summed E-state index contributed by atoms with van der Waals surface area (Å²) in [6, 6.07) is 5.37. The van der Waals surface area contributed by atoms with Crippen LogP contribution in [0.15, 0.2) is 18.2 Å². The third kappa shape index (κ3) is 3.26. The third-order valence-corrected chi connectivity index (χ3v) is 4.12. The zero-order chi connectivity index (χ0) is 13.1. The van der Waals surface area contributed by atoms with Crippen molar-refractivity contribution in [2.24, 2.45) is 11.8 Å². The van der Waals surface area contributed by atoms with E-state index in [1.807, 2.05) is 13.0 Å². The van der Waals surface area contributed by atoms with Crippen LogP contribution >= 0.6 is 11.6 Å². The van der Waals surface area contributed by atoms with Gasteiger partial charge >= 0.3 is 5.97 Å². The van der Waals surface area contributed by atoms with Crippen molar-refractivity contribution < 1.29 is 9.53 Å². The van der Waals surface area contributed by atoms with Crippen LogP contribution in [0.5, 0.6) is 5.75 Å². The van der Waals surface area contributed by atoms with Gasteiger partial charge in [-0.2, -0.15) is 0 Å². The van der Waals surface area contributed by atoms with Crippen LogP contribution in [0.2, 0.25) is 5.02 Å². The van der Waals surface area contributed by atoms with Gasteiger partial charge in [-0.15, -0.1) is 0 Å². The summed E-state index contributed by atoms with van der Waals surface area (Å²) in [6.45, 7) is 4.16. The SMILES string of the molecule is Cc1ccc(OC(=O)C2CCC(C)CC2)cc1Cl. The Morgan fingerprint density at radius 3 is 2.56 bits per heavy atom. The van der Waals surface area contributed by atoms with Gasteiger partial charge in [-0.05, 0) is 56.2 Å². The van der Waals surface area contributed by atoms with Gasteiger partial charge in [-0.1, -0.05) is 24.6 Å². The molecule has 1 aromatic carbocycles. The van der Waals surface area contributed by atoms with Gasteiger partial charge in [0.25, 0.3) is 0 Å². The van der Waals surface area contributed by atoms with Gasteiger partial charge in [0.05, 0.1) is 5.92 Å². The van der Waals surface area contributed by atoms with E-state index in [2.05, 4.69) is 6.92 Å². The molecule has 0 unspecified atom stereocenters. The first-order valence-corrected chi connectivity index (χ1v) is 6.92. The van der Waals surface area contributed by atoms with E-state index in [1.165, 1.54) is 0 Å². The molecular weight excluding hydrogens is 248 g/mol. The van der Waals surface area contributed by atoms with Crippen molar-refractivity contribution in [3.63, 3.8) is 0 Å². The molecule has 0 bridgehead atoms. The molecule has 1 aliphatic carbocycles. The first-order chi connectivity index (χ1) is 8.56. The molecule has 0 N–H and O–H groups in total. The first kappa shape index (κ1) is 13.4. The summed E-state index contributed by atoms with van der Waals surface area (Å²) in [5.74, 6) is 1.24. The molecule has 1 saturated carbocycles. The lowest BCUT2D eigenvalue weighted by atomic mass is 9.83. The highest BCUT2D eigenvalue weighted by Crippen LogP contribution is 2.30. The van der Waals surface area contributed by atoms with Crippen LogP contribution in [0.1, 0.15) is 38.2 Å². The number of aryl methyl sites for hydroxylation is 1. The van der Waals surface area contributed by atoms with E-state index >= 15 is 0 Å².